The number of aryl methyl sites for hydroxylation is 1. The Labute approximate surface area is 216 Å². The number of anilines is 3. The van der Waals surface area contributed by atoms with E-state index < -0.39 is 11.9 Å². The van der Waals surface area contributed by atoms with Crippen molar-refractivity contribution in [3.63, 3.8) is 0 Å². The molecule has 0 saturated heterocycles. The largest absolute Gasteiger partial charge is 0.497 e. The number of fused-ring (bicyclic) bond motifs is 1. The highest BCUT2D eigenvalue weighted by molar-refractivity contribution is 5.85. The average molecular weight is 521 g/mol. The molecule has 0 bridgehead atoms. The minimum atomic E-state index is -4.61. The van der Waals surface area contributed by atoms with Crippen LogP contribution in [0, 0.1) is 6.92 Å². The van der Waals surface area contributed by atoms with Gasteiger partial charge in [0.1, 0.15) is 11.6 Å². The van der Waals surface area contributed by atoms with Gasteiger partial charge in [0, 0.05) is 54.3 Å². The number of hydrogen-bond donors (Lipinski definition) is 1. The molecule has 194 valence electrons. The van der Waals surface area contributed by atoms with Crippen molar-refractivity contribution in [2.45, 2.75) is 19.6 Å². The van der Waals surface area contributed by atoms with Crippen LogP contribution >= 0.6 is 0 Å². The quantitative estimate of drug-likeness (QED) is 0.264. The van der Waals surface area contributed by atoms with Crippen molar-refractivity contribution in [3.05, 3.63) is 84.3 Å². The normalized spacial score (nSPS) is 11.5. The van der Waals surface area contributed by atoms with Crippen molar-refractivity contribution in [1.29, 1.82) is 0 Å². The molecule has 0 fully saturated rings. The SMILES string of the molecule is COc1ccc(CN(C)c2cc3ncc(-c4cc(Nc5ncc(C(F)(F)F)o5)cnc4C)cc3cn2)cc1. The van der Waals surface area contributed by atoms with Gasteiger partial charge in [-0.3, -0.25) is 9.97 Å². The summed E-state index contributed by atoms with van der Waals surface area (Å²) in [6, 6.07) is 13.2. The zero-order valence-electron chi connectivity index (χ0n) is 20.7. The Morgan fingerprint density at radius 2 is 1.74 bits per heavy atom. The molecule has 5 rings (SSSR count). The highest BCUT2D eigenvalue weighted by Crippen LogP contribution is 2.33. The summed E-state index contributed by atoms with van der Waals surface area (Å²) in [5.74, 6) is 0.405. The molecule has 38 heavy (non-hydrogen) atoms. The minimum Gasteiger partial charge on any atom is -0.497 e. The lowest BCUT2D eigenvalue weighted by Crippen LogP contribution is -2.17. The topological polar surface area (TPSA) is 89.2 Å². The Hall–Kier alpha value is -4.67. The fourth-order valence-electron chi connectivity index (χ4n) is 3.93. The maximum absolute atomic E-state index is 12.8. The van der Waals surface area contributed by atoms with Crippen LogP contribution in [-0.2, 0) is 12.7 Å². The number of hydrogen-bond acceptors (Lipinski definition) is 8. The summed E-state index contributed by atoms with van der Waals surface area (Å²) in [7, 11) is 3.60. The maximum atomic E-state index is 12.8. The van der Waals surface area contributed by atoms with Gasteiger partial charge in [-0.05, 0) is 36.8 Å². The van der Waals surface area contributed by atoms with E-state index in [1.807, 2.05) is 55.3 Å². The molecule has 8 nitrogen and oxygen atoms in total. The number of aromatic nitrogens is 4. The van der Waals surface area contributed by atoms with E-state index in [9.17, 15) is 13.2 Å². The molecule has 1 N–H and O–H groups in total. The van der Waals surface area contributed by atoms with Crippen LogP contribution in [0.4, 0.5) is 30.7 Å². The Balaban J connectivity index is 1.36. The third-order valence-corrected chi connectivity index (χ3v) is 5.96. The van der Waals surface area contributed by atoms with Crippen molar-refractivity contribution in [1.82, 2.24) is 19.9 Å². The zero-order chi connectivity index (χ0) is 26.9. The van der Waals surface area contributed by atoms with Crippen LogP contribution in [0.25, 0.3) is 22.0 Å². The van der Waals surface area contributed by atoms with Crippen LogP contribution < -0.4 is 15.0 Å². The van der Waals surface area contributed by atoms with Gasteiger partial charge in [-0.25, -0.2) is 9.97 Å². The summed E-state index contributed by atoms with van der Waals surface area (Å²) in [6.45, 7) is 2.51. The molecule has 0 amide bonds. The Morgan fingerprint density at radius 3 is 2.45 bits per heavy atom. The van der Waals surface area contributed by atoms with Crippen molar-refractivity contribution >= 4 is 28.4 Å². The molecule has 0 saturated carbocycles. The minimum absolute atomic E-state index is 0.277. The van der Waals surface area contributed by atoms with Gasteiger partial charge in [0.2, 0.25) is 5.76 Å². The number of nitrogens with zero attached hydrogens (tertiary/aromatic N) is 5. The predicted octanol–water partition coefficient (Wildman–Crippen LogP) is 6.40. The number of rotatable bonds is 7. The van der Waals surface area contributed by atoms with E-state index in [0.29, 0.717) is 18.4 Å². The van der Waals surface area contributed by atoms with E-state index >= 15 is 0 Å². The van der Waals surface area contributed by atoms with Gasteiger partial charge in [-0.15, -0.1) is 0 Å². The Kier molecular flexibility index (Phi) is 6.58. The third-order valence-electron chi connectivity index (χ3n) is 5.96. The second kappa shape index (κ2) is 10.0. The molecule has 0 aliphatic heterocycles. The first kappa shape index (κ1) is 25.0. The zero-order valence-corrected chi connectivity index (χ0v) is 20.7. The number of halogens is 3. The van der Waals surface area contributed by atoms with Crippen molar-refractivity contribution in [2.24, 2.45) is 0 Å². The average Bonchev–Trinajstić information content (AvgIpc) is 3.39. The first-order valence-electron chi connectivity index (χ1n) is 11.6. The van der Waals surface area contributed by atoms with Crippen LogP contribution in [-0.4, -0.2) is 34.1 Å². The molecule has 0 aliphatic rings. The molecule has 0 unspecified atom stereocenters. The number of benzene rings is 1. The number of methoxy groups -OCH3 is 1. The van der Waals surface area contributed by atoms with Crippen LogP contribution in [0.3, 0.4) is 0 Å². The first-order chi connectivity index (χ1) is 18.2. The number of oxazole rings is 1. The molecule has 4 aromatic heterocycles. The fourth-order valence-corrected chi connectivity index (χ4v) is 3.93. The van der Waals surface area contributed by atoms with Gasteiger partial charge < -0.3 is 19.4 Å². The smallest absolute Gasteiger partial charge is 0.451 e. The van der Waals surface area contributed by atoms with Crippen LogP contribution in [0.5, 0.6) is 5.75 Å². The summed E-state index contributed by atoms with van der Waals surface area (Å²) in [5.41, 5.74) is 4.59. The van der Waals surface area contributed by atoms with Gasteiger partial charge >= 0.3 is 6.18 Å². The van der Waals surface area contributed by atoms with E-state index in [4.69, 9.17) is 9.15 Å². The van der Waals surface area contributed by atoms with E-state index in [1.165, 1.54) is 6.20 Å². The van der Waals surface area contributed by atoms with Crippen molar-refractivity contribution < 1.29 is 22.3 Å². The van der Waals surface area contributed by atoms with Gasteiger partial charge in [0.25, 0.3) is 6.01 Å². The summed E-state index contributed by atoms with van der Waals surface area (Å²) in [6.07, 6.45) is 1.02. The molecular weight excluding hydrogens is 497 g/mol. The van der Waals surface area contributed by atoms with Crippen molar-refractivity contribution in [2.75, 3.05) is 24.4 Å². The standard InChI is InChI=1S/C27H23F3N6O2/c1-16-22(9-20(13-31-16)35-26-34-14-24(38-26)27(28,29)30)18-8-19-12-33-25(10-23(19)32-11-18)36(2)15-17-4-6-21(37-3)7-5-17/h4-14H,15H2,1-3H3,(H,34,35). The molecule has 5 aromatic rings. The Bertz CT molecular complexity index is 1580. The predicted molar refractivity (Wildman–Crippen MR) is 137 cm³/mol. The molecule has 0 atom stereocenters. The van der Waals surface area contributed by atoms with Crippen molar-refractivity contribution in [3.8, 4) is 16.9 Å². The van der Waals surface area contributed by atoms with E-state index in [1.54, 1.807) is 25.6 Å². The lowest BCUT2D eigenvalue weighted by molar-refractivity contribution is -0.152. The highest BCUT2D eigenvalue weighted by atomic mass is 19.4. The molecular formula is C27H23F3N6O2. The van der Waals surface area contributed by atoms with Crippen LogP contribution in [0.2, 0.25) is 0 Å². The van der Waals surface area contributed by atoms with E-state index in [-0.39, 0.29) is 6.01 Å². The highest BCUT2D eigenvalue weighted by Gasteiger charge is 2.35. The van der Waals surface area contributed by atoms with E-state index in [2.05, 4.69) is 25.3 Å². The van der Waals surface area contributed by atoms with Gasteiger partial charge in [-0.2, -0.15) is 13.2 Å². The van der Waals surface area contributed by atoms with E-state index in [0.717, 1.165) is 44.9 Å². The summed E-state index contributed by atoms with van der Waals surface area (Å²) in [4.78, 5) is 19.3. The molecule has 0 radical (unpaired) electrons. The summed E-state index contributed by atoms with van der Waals surface area (Å²) >= 11 is 0. The number of ether oxygens (including phenoxy) is 1. The lowest BCUT2D eigenvalue weighted by atomic mass is 10.0. The summed E-state index contributed by atoms with van der Waals surface area (Å²) < 4.78 is 48.4. The second-order valence-corrected chi connectivity index (χ2v) is 8.67. The molecule has 11 heteroatoms. The monoisotopic (exact) mass is 520 g/mol. The number of nitrogens with one attached hydrogen (secondary N) is 1. The lowest BCUT2D eigenvalue weighted by Gasteiger charge is -2.19. The number of pyridine rings is 3. The van der Waals surface area contributed by atoms with Gasteiger partial charge in [0.15, 0.2) is 0 Å². The van der Waals surface area contributed by atoms with Crippen LogP contribution in [0.1, 0.15) is 17.0 Å². The first-order valence-corrected chi connectivity index (χ1v) is 11.6. The molecule has 4 heterocycles. The van der Waals surface area contributed by atoms with Gasteiger partial charge in [0.05, 0.1) is 30.7 Å². The van der Waals surface area contributed by atoms with Crippen LogP contribution in [0.15, 0.2) is 71.7 Å². The summed E-state index contributed by atoms with van der Waals surface area (Å²) in [5, 5.41) is 3.57. The third kappa shape index (κ3) is 5.36. The molecule has 0 spiro atoms. The molecule has 0 aliphatic carbocycles. The Morgan fingerprint density at radius 1 is 0.947 bits per heavy atom. The second-order valence-electron chi connectivity index (χ2n) is 8.67. The number of alkyl halides is 3. The molecule has 1 aromatic carbocycles. The fraction of sp³-hybridized carbons (Fsp3) is 0.185. The van der Waals surface area contributed by atoms with Gasteiger partial charge in [-0.1, -0.05) is 12.1 Å². The maximum Gasteiger partial charge on any atom is 0.451 e.